The zero-order valence-corrected chi connectivity index (χ0v) is 16.8. The lowest BCUT2D eigenvalue weighted by Gasteiger charge is -2.31. The quantitative estimate of drug-likeness (QED) is 0.285. The summed E-state index contributed by atoms with van der Waals surface area (Å²) in [6.07, 6.45) is 2.43. The van der Waals surface area contributed by atoms with Crippen LogP contribution in [0.3, 0.4) is 0 Å². The van der Waals surface area contributed by atoms with E-state index >= 15 is 0 Å². The van der Waals surface area contributed by atoms with Crippen molar-refractivity contribution >= 4 is 23.3 Å². The molecular formula is C20H25N5O5. The van der Waals surface area contributed by atoms with Crippen LogP contribution >= 0.6 is 0 Å². The topological polar surface area (TPSA) is 120 Å². The lowest BCUT2D eigenvalue weighted by Crippen LogP contribution is -2.37. The standard InChI is InChI=1S/C20H25N5O5/c1-2-29-20(26)15-8-11-24(12-9-15)19-17(25(27)28)18(22-14-23-19)21-10-13-30-16-6-4-3-5-7-16/h3-7,14-15H,2,8-13H2,1H3,(H,21,22,23). The van der Waals surface area contributed by atoms with Crippen molar-refractivity contribution in [3.63, 3.8) is 0 Å². The predicted octanol–water partition coefficient (Wildman–Crippen LogP) is 2.66. The molecule has 0 bridgehead atoms. The minimum absolute atomic E-state index is 0.147. The zero-order chi connectivity index (χ0) is 21.3. The molecule has 30 heavy (non-hydrogen) atoms. The molecule has 0 unspecified atom stereocenters. The van der Waals surface area contributed by atoms with E-state index in [2.05, 4.69) is 15.3 Å². The Labute approximate surface area is 174 Å². The van der Waals surface area contributed by atoms with E-state index in [4.69, 9.17) is 9.47 Å². The number of hydrogen-bond acceptors (Lipinski definition) is 9. The highest BCUT2D eigenvalue weighted by atomic mass is 16.6. The summed E-state index contributed by atoms with van der Waals surface area (Å²) in [7, 11) is 0. The van der Waals surface area contributed by atoms with E-state index in [1.165, 1.54) is 6.33 Å². The molecule has 10 heteroatoms. The first-order chi connectivity index (χ1) is 14.6. The van der Waals surface area contributed by atoms with Gasteiger partial charge in [0.2, 0.25) is 11.6 Å². The first-order valence-corrected chi connectivity index (χ1v) is 9.92. The van der Waals surface area contributed by atoms with E-state index < -0.39 is 4.92 Å². The third kappa shape index (κ3) is 5.34. The van der Waals surface area contributed by atoms with E-state index in [-0.39, 0.29) is 29.2 Å². The average molecular weight is 415 g/mol. The van der Waals surface area contributed by atoms with Crippen molar-refractivity contribution in [3.05, 3.63) is 46.8 Å². The Morgan fingerprint density at radius 2 is 2.00 bits per heavy atom. The number of carbonyl (C=O) groups is 1. The van der Waals surface area contributed by atoms with Crippen LogP contribution in [0.25, 0.3) is 0 Å². The summed E-state index contributed by atoms with van der Waals surface area (Å²) in [5.41, 5.74) is -0.174. The number of piperidine rings is 1. The van der Waals surface area contributed by atoms with Crippen LogP contribution in [0.1, 0.15) is 19.8 Å². The van der Waals surface area contributed by atoms with Gasteiger partial charge in [0, 0.05) is 13.1 Å². The predicted molar refractivity (Wildman–Crippen MR) is 111 cm³/mol. The molecule has 1 aliphatic rings. The average Bonchev–Trinajstić information content (AvgIpc) is 2.77. The Morgan fingerprint density at radius 1 is 1.27 bits per heavy atom. The Kier molecular flexibility index (Phi) is 7.36. The smallest absolute Gasteiger partial charge is 0.353 e. The first kappa shape index (κ1) is 21.3. The van der Waals surface area contributed by atoms with Gasteiger partial charge < -0.3 is 19.7 Å². The molecule has 0 aliphatic carbocycles. The molecule has 1 N–H and O–H groups in total. The number of anilines is 2. The van der Waals surface area contributed by atoms with E-state index in [1.807, 2.05) is 35.2 Å². The molecule has 0 saturated carbocycles. The molecule has 0 amide bonds. The van der Waals surface area contributed by atoms with Gasteiger partial charge >= 0.3 is 11.7 Å². The summed E-state index contributed by atoms with van der Waals surface area (Å²) in [5.74, 6) is 0.726. The van der Waals surface area contributed by atoms with E-state index in [0.29, 0.717) is 45.7 Å². The summed E-state index contributed by atoms with van der Waals surface area (Å²) in [4.78, 5) is 33.2. The number of benzene rings is 1. The number of para-hydroxylation sites is 1. The number of nitrogens with zero attached hydrogens (tertiary/aromatic N) is 4. The summed E-state index contributed by atoms with van der Waals surface area (Å²) < 4.78 is 10.7. The molecule has 0 atom stereocenters. The maximum atomic E-state index is 11.9. The highest BCUT2D eigenvalue weighted by molar-refractivity contribution is 5.74. The number of nitro groups is 1. The fourth-order valence-corrected chi connectivity index (χ4v) is 3.34. The molecule has 160 valence electrons. The maximum absolute atomic E-state index is 11.9. The van der Waals surface area contributed by atoms with E-state index in [0.717, 1.165) is 5.75 Å². The fourth-order valence-electron chi connectivity index (χ4n) is 3.34. The van der Waals surface area contributed by atoms with Gasteiger partial charge in [0.1, 0.15) is 18.7 Å². The largest absolute Gasteiger partial charge is 0.492 e. The van der Waals surface area contributed by atoms with Gasteiger partial charge in [-0.3, -0.25) is 14.9 Å². The summed E-state index contributed by atoms with van der Waals surface area (Å²) in [6, 6.07) is 9.31. The van der Waals surface area contributed by atoms with Crippen LogP contribution in [0.5, 0.6) is 5.75 Å². The molecule has 3 rings (SSSR count). The van der Waals surface area contributed by atoms with Gasteiger partial charge in [-0.2, -0.15) is 0 Å². The molecule has 1 fully saturated rings. The van der Waals surface area contributed by atoms with Crippen LogP contribution in [0.2, 0.25) is 0 Å². The van der Waals surface area contributed by atoms with Gasteiger partial charge in [-0.05, 0) is 31.9 Å². The van der Waals surface area contributed by atoms with E-state index in [9.17, 15) is 14.9 Å². The minimum Gasteiger partial charge on any atom is -0.492 e. The van der Waals surface area contributed by atoms with Crippen molar-refractivity contribution in [2.75, 3.05) is 43.1 Å². The molecule has 2 heterocycles. The molecule has 1 aromatic carbocycles. The van der Waals surface area contributed by atoms with Gasteiger partial charge in [0.25, 0.3) is 0 Å². The molecule has 0 radical (unpaired) electrons. The highest BCUT2D eigenvalue weighted by Crippen LogP contribution is 2.34. The minimum atomic E-state index is -0.479. The van der Waals surface area contributed by atoms with Crippen molar-refractivity contribution in [3.8, 4) is 5.75 Å². The van der Waals surface area contributed by atoms with E-state index in [1.54, 1.807) is 6.92 Å². The lowest BCUT2D eigenvalue weighted by molar-refractivity contribution is -0.383. The number of rotatable bonds is 9. The maximum Gasteiger partial charge on any atom is 0.353 e. The summed E-state index contributed by atoms with van der Waals surface area (Å²) in [6.45, 7) is 3.76. The van der Waals surface area contributed by atoms with Crippen molar-refractivity contribution in [2.24, 2.45) is 5.92 Å². The summed E-state index contributed by atoms with van der Waals surface area (Å²) in [5, 5.41) is 14.7. The Bertz CT molecular complexity index is 856. The van der Waals surface area contributed by atoms with Gasteiger partial charge in [0.15, 0.2) is 0 Å². The fraction of sp³-hybridized carbons (Fsp3) is 0.450. The Balaban J connectivity index is 1.63. The SMILES string of the molecule is CCOC(=O)C1CCN(c2ncnc(NCCOc3ccccc3)c2[N+](=O)[O-])CC1. The number of hydrogen-bond donors (Lipinski definition) is 1. The second-order valence-electron chi connectivity index (χ2n) is 6.75. The third-order valence-electron chi connectivity index (χ3n) is 4.81. The van der Waals surface area contributed by atoms with Gasteiger partial charge in [-0.25, -0.2) is 9.97 Å². The van der Waals surface area contributed by atoms with Gasteiger partial charge in [-0.1, -0.05) is 18.2 Å². The molecule has 1 saturated heterocycles. The van der Waals surface area contributed by atoms with Crippen molar-refractivity contribution in [2.45, 2.75) is 19.8 Å². The van der Waals surface area contributed by atoms with Crippen molar-refractivity contribution in [1.82, 2.24) is 9.97 Å². The number of carbonyl (C=O) groups excluding carboxylic acids is 1. The molecule has 1 aliphatic heterocycles. The highest BCUT2D eigenvalue weighted by Gasteiger charge is 2.32. The molecule has 2 aromatic rings. The van der Waals surface area contributed by atoms with Crippen LogP contribution in [0.4, 0.5) is 17.3 Å². The van der Waals surface area contributed by atoms with Crippen LogP contribution in [0.15, 0.2) is 36.7 Å². The number of ether oxygens (including phenoxy) is 2. The van der Waals surface area contributed by atoms with Crippen molar-refractivity contribution < 1.29 is 19.2 Å². The Morgan fingerprint density at radius 3 is 2.67 bits per heavy atom. The van der Waals surface area contributed by atoms with Crippen molar-refractivity contribution in [1.29, 1.82) is 0 Å². The van der Waals surface area contributed by atoms with Gasteiger partial charge in [0.05, 0.1) is 24.0 Å². The first-order valence-electron chi connectivity index (χ1n) is 9.92. The van der Waals surface area contributed by atoms with Crippen LogP contribution in [0, 0.1) is 16.0 Å². The molecular weight excluding hydrogens is 390 g/mol. The number of esters is 1. The molecule has 0 spiro atoms. The van der Waals surface area contributed by atoms with Crippen LogP contribution in [-0.2, 0) is 9.53 Å². The zero-order valence-electron chi connectivity index (χ0n) is 16.8. The second kappa shape index (κ2) is 10.4. The summed E-state index contributed by atoms with van der Waals surface area (Å²) >= 11 is 0. The third-order valence-corrected chi connectivity index (χ3v) is 4.81. The monoisotopic (exact) mass is 415 g/mol. The Hall–Kier alpha value is -3.43. The molecule has 1 aromatic heterocycles. The van der Waals surface area contributed by atoms with Crippen LogP contribution < -0.4 is 15.0 Å². The number of nitrogens with one attached hydrogen (secondary N) is 1. The van der Waals surface area contributed by atoms with Gasteiger partial charge in [-0.15, -0.1) is 0 Å². The normalized spacial score (nSPS) is 14.2. The lowest BCUT2D eigenvalue weighted by atomic mass is 9.97. The van der Waals surface area contributed by atoms with Crippen LogP contribution in [-0.4, -0.2) is 53.7 Å². The number of aromatic nitrogens is 2. The molecule has 10 nitrogen and oxygen atoms in total. The second-order valence-corrected chi connectivity index (χ2v) is 6.75.